The highest BCUT2D eigenvalue weighted by Gasteiger charge is 2.38. The van der Waals surface area contributed by atoms with Crippen molar-refractivity contribution in [3.63, 3.8) is 0 Å². The summed E-state index contributed by atoms with van der Waals surface area (Å²) in [5.74, 6) is -1.09. The molecule has 0 radical (unpaired) electrons. The molecule has 2 aromatic carbocycles. The van der Waals surface area contributed by atoms with Crippen molar-refractivity contribution in [2.75, 3.05) is 0 Å². The normalized spacial score (nSPS) is 14.2. The Kier molecular flexibility index (Phi) is 5.62. The largest absolute Gasteiger partial charge is 0.372 e. The second-order valence-electron chi connectivity index (χ2n) is 6.17. The van der Waals surface area contributed by atoms with Crippen molar-refractivity contribution in [1.29, 1.82) is 0 Å². The number of hydrogen-bond acceptors (Lipinski definition) is 4. The number of aliphatic hydroxyl groups is 1. The van der Waals surface area contributed by atoms with Gasteiger partial charge >= 0.3 is 0 Å². The van der Waals surface area contributed by atoms with Crippen molar-refractivity contribution in [3.8, 4) is 0 Å². The van der Waals surface area contributed by atoms with E-state index in [9.17, 15) is 18.3 Å². The zero-order chi connectivity index (χ0) is 18.7. The summed E-state index contributed by atoms with van der Waals surface area (Å²) in [5.41, 5.74) is 4.63. The summed E-state index contributed by atoms with van der Waals surface area (Å²) in [6, 6.07) is 14.3. The first-order valence-electron chi connectivity index (χ1n) is 7.82. The summed E-state index contributed by atoms with van der Waals surface area (Å²) in [7, 11) is -3.45. The lowest BCUT2D eigenvalue weighted by Gasteiger charge is -2.26. The van der Waals surface area contributed by atoms with Crippen molar-refractivity contribution in [2.45, 2.75) is 31.2 Å². The number of sulfonamides is 1. The van der Waals surface area contributed by atoms with Crippen LogP contribution in [-0.4, -0.2) is 25.5 Å². The molecule has 0 fully saturated rings. The summed E-state index contributed by atoms with van der Waals surface area (Å²) in [5, 5.41) is 10.9. The number of carbonyl (C=O) groups excluding carboxylic acids is 1. The van der Waals surface area contributed by atoms with Crippen LogP contribution in [0.3, 0.4) is 0 Å². The maximum Gasteiger partial charge on any atom is 0.258 e. The molecule has 0 aliphatic heterocycles. The molecule has 7 heteroatoms. The summed E-state index contributed by atoms with van der Waals surface area (Å²) in [6.45, 7) is 3.49. The van der Waals surface area contributed by atoms with Crippen LogP contribution < -0.4 is 10.5 Å². The first-order valence-corrected chi connectivity index (χ1v) is 9.47. The second kappa shape index (κ2) is 7.35. The van der Waals surface area contributed by atoms with Crippen molar-refractivity contribution in [2.24, 2.45) is 5.73 Å². The van der Waals surface area contributed by atoms with Crippen LogP contribution in [0.1, 0.15) is 30.5 Å². The summed E-state index contributed by atoms with van der Waals surface area (Å²) in [4.78, 5) is 11.9. The molecule has 0 aliphatic rings. The number of primary amides is 1. The smallest absolute Gasteiger partial charge is 0.258 e. The molecule has 0 heterocycles. The topological polar surface area (TPSA) is 109 Å². The van der Waals surface area contributed by atoms with Gasteiger partial charge in [0.15, 0.2) is 5.60 Å². The quantitative estimate of drug-likeness (QED) is 0.688. The summed E-state index contributed by atoms with van der Waals surface area (Å²) in [6.07, 6.45) is 0. The number of carbonyl (C=O) groups is 1. The molecule has 0 bridgehead atoms. The minimum absolute atomic E-state index is 0.189. The van der Waals surface area contributed by atoms with E-state index in [0.29, 0.717) is 11.1 Å². The molecule has 0 spiro atoms. The van der Waals surface area contributed by atoms with Crippen LogP contribution in [0.15, 0.2) is 54.6 Å². The molecule has 134 valence electrons. The van der Waals surface area contributed by atoms with E-state index in [1.165, 1.54) is 12.1 Å². The Morgan fingerprint density at radius 1 is 1.08 bits per heavy atom. The van der Waals surface area contributed by atoms with Crippen LogP contribution in [0.2, 0.25) is 0 Å². The zero-order valence-corrected chi connectivity index (χ0v) is 15.0. The summed E-state index contributed by atoms with van der Waals surface area (Å²) >= 11 is 0. The Bertz CT molecular complexity index is 833. The molecule has 0 saturated heterocycles. The Morgan fingerprint density at radius 2 is 1.60 bits per heavy atom. The molecule has 0 aromatic heterocycles. The van der Waals surface area contributed by atoms with E-state index in [4.69, 9.17) is 5.73 Å². The molecule has 4 N–H and O–H groups in total. The highest BCUT2D eigenvalue weighted by Crippen LogP contribution is 2.29. The average molecular weight is 362 g/mol. The SMILES string of the molecule is CC(C)NS(=O)(=O)Cc1ccc(C(O)(C(N)=O)c2ccccc2)cc1. The van der Waals surface area contributed by atoms with Gasteiger partial charge in [0.25, 0.3) is 5.91 Å². The van der Waals surface area contributed by atoms with Gasteiger partial charge in [0, 0.05) is 6.04 Å². The third-order valence-corrected chi connectivity index (χ3v) is 5.24. The van der Waals surface area contributed by atoms with Crippen LogP contribution >= 0.6 is 0 Å². The fraction of sp³-hybridized carbons (Fsp3) is 0.278. The monoisotopic (exact) mass is 362 g/mol. The maximum atomic E-state index is 12.0. The van der Waals surface area contributed by atoms with Crippen LogP contribution in [0.25, 0.3) is 0 Å². The van der Waals surface area contributed by atoms with E-state index in [0.717, 1.165) is 0 Å². The van der Waals surface area contributed by atoms with Crippen molar-refractivity contribution in [3.05, 3.63) is 71.3 Å². The van der Waals surface area contributed by atoms with E-state index in [-0.39, 0.29) is 17.4 Å². The zero-order valence-electron chi connectivity index (χ0n) is 14.1. The molecule has 2 rings (SSSR count). The van der Waals surface area contributed by atoms with E-state index < -0.39 is 21.5 Å². The number of amides is 1. The molecule has 6 nitrogen and oxygen atoms in total. The highest BCUT2D eigenvalue weighted by atomic mass is 32.2. The predicted octanol–water partition coefficient (Wildman–Crippen LogP) is 1.24. The lowest BCUT2D eigenvalue weighted by atomic mass is 9.85. The third-order valence-electron chi connectivity index (χ3n) is 3.69. The second-order valence-corrected chi connectivity index (χ2v) is 7.92. The standard InChI is InChI=1S/C18H22N2O4S/c1-13(2)20-25(23,24)12-14-8-10-16(11-9-14)18(22,17(19)21)15-6-4-3-5-7-15/h3-11,13,20,22H,12H2,1-2H3,(H2,19,21). The number of rotatable bonds is 7. The van der Waals surface area contributed by atoms with Gasteiger partial charge in [-0.05, 0) is 30.5 Å². The molecule has 1 atom stereocenters. The Labute approximate surface area is 147 Å². The molecule has 0 saturated carbocycles. The van der Waals surface area contributed by atoms with E-state index in [1.54, 1.807) is 56.3 Å². The number of benzene rings is 2. The van der Waals surface area contributed by atoms with Crippen LogP contribution in [0, 0.1) is 0 Å². The van der Waals surface area contributed by atoms with Crippen LogP contribution in [0.5, 0.6) is 0 Å². The van der Waals surface area contributed by atoms with E-state index in [1.807, 2.05) is 0 Å². The van der Waals surface area contributed by atoms with Gasteiger partial charge in [0.2, 0.25) is 10.0 Å². The Hall–Kier alpha value is -2.22. The number of hydrogen-bond donors (Lipinski definition) is 3. The lowest BCUT2D eigenvalue weighted by molar-refractivity contribution is -0.133. The van der Waals surface area contributed by atoms with Gasteiger partial charge < -0.3 is 10.8 Å². The fourth-order valence-electron chi connectivity index (χ4n) is 2.59. The van der Waals surface area contributed by atoms with Gasteiger partial charge in [-0.25, -0.2) is 13.1 Å². The van der Waals surface area contributed by atoms with Gasteiger partial charge in [-0.1, -0.05) is 54.6 Å². The predicted molar refractivity (Wildman–Crippen MR) is 96.0 cm³/mol. The molecular weight excluding hydrogens is 340 g/mol. The maximum absolute atomic E-state index is 12.0. The minimum atomic E-state index is -3.45. The Morgan fingerprint density at radius 3 is 2.08 bits per heavy atom. The molecule has 25 heavy (non-hydrogen) atoms. The van der Waals surface area contributed by atoms with Gasteiger partial charge in [0.05, 0.1) is 5.75 Å². The first-order chi connectivity index (χ1) is 11.6. The van der Waals surface area contributed by atoms with Crippen LogP contribution in [-0.2, 0) is 26.2 Å². The molecule has 1 unspecified atom stereocenters. The molecular formula is C18H22N2O4S. The van der Waals surface area contributed by atoms with Crippen molar-refractivity contribution >= 4 is 15.9 Å². The Balaban J connectivity index is 2.33. The summed E-state index contributed by atoms with van der Waals surface area (Å²) < 4.78 is 26.5. The van der Waals surface area contributed by atoms with Crippen molar-refractivity contribution in [1.82, 2.24) is 4.72 Å². The van der Waals surface area contributed by atoms with Crippen molar-refractivity contribution < 1.29 is 18.3 Å². The minimum Gasteiger partial charge on any atom is -0.372 e. The highest BCUT2D eigenvalue weighted by molar-refractivity contribution is 7.88. The third kappa shape index (κ3) is 4.45. The van der Waals surface area contributed by atoms with E-state index >= 15 is 0 Å². The van der Waals surface area contributed by atoms with Gasteiger partial charge in [-0.2, -0.15) is 0 Å². The van der Waals surface area contributed by atoms with Gasteiger partial charge in [0.1, 0.15) is 0 Å². The fourth-order valence-corrected chi connectivity index (χ4v) is 4.03. The van der Waals surface area contributed by atoms with Crippen LogP contribution in [0.4, 0.5) is 0 Å². The molecule has 0 aliphatic carbocycles. The number of nitrogens with one attached hydrogen (secondary N) is 1. The van der Waals surface area contributed by atoms with Gasteiger partial charge in [-0.15, -0.1) is 0 Å². The first kappa shape index (κ1) is 19.1. The van der Waals surface area contributed by atoms with Gasteiger partial charge in [-0.3, -0.25) is 4.79 Å². The average Bonchev–Trinajstić information content (AvgIpc) is 2.53. The number of nitrogens with two attached hydrogens (primary N) is 1. The van der Waals surface area contributed by atoms with E-state index in [2.05, 4.69) is 4.72 Å². The lowest BCUT2D eigenvalue weighted by Crippen LogP contribution is -2.42. The molecule has 2 aromatic rings. The molecule has 1 amide bonds.